The van der Waals surface area contributed by atoms with E-state index >= 15 is 0 Å². The lowest BCUT2D eigenvalue weighted by molar-refractivity contribution is -0.137. The number of carbonyl (C=O) groups is 1. The lowest BCUT2D eigenvalue weighted by atomic mass is 9.97. The Morgan fingerprint density at radius 2 is 1.53 bits per heavy atom. The van der Waals surface area contributed by atoms with Crippen molar-refractivity contribution in [2.75, 3.05) is 7.11 Å². The summed E-state index contributed by atoms with van der Waals surface area (Å²) in [6.07, 6.45) is 1.28. The van der Waals surface area contributed by atoms with Gasteiger partial charge in [0, 0.05) is 11.4 Å². The van der Waals surface area contributed by atoms with E-state index in [-0.39, 0.29) is 11.3 Å². The smallest absolute Gasteiger partial charge is 0.303 e. The number of aliphatic carboxylic acids is 1. The Morgan fingerprint density at radius 1 is 0.969 bits per heavy atom. The van der Waals surface area contributed by atoms with Crippen LogP contribution in [0.25, 0.3) is 0 Å². The second kappa shape index (κ2) is 10.6. The first-order valence-corrected chi connectivity index (χ1v) is 11.9. The van der Waals surface area contributed by atoms with Crippen LogP contribution < -0.4 is 9.46 Å². The second-order valence-electron chi connectivity index (χ2n) is 7.27. The first-order chi connectivity index (χ1) is 15.3. The molecule has 168 valence electrons. The molecular formula is C24H24ClNO5S. The number of carboxylic acids is 1. The monoisotopic (exact) mass is 473 g/mol. The number of nitrogens with one attached hydrogen (secondary N) is 1. The molecule has 1 unspecified atom stereocenters. The number of hydrogen-bond donors (Lipinski definition) is 2. The van der Waals surface area contributed by atoms with Crippen molar-refractivity contribution in [3.63, 3.8) is 0 Å². The summed E-state index contributed by atoms with van der Waals surface area (Å²) in [4.78, 5) is 10.8. The van der Waals surface area contributed by atoms with Gasteiger partial charge >= 0.3 is 5.97 Å². The van der Waals surface area contributed by atoms with Gasteiger partial charge in [0.15, 0.2) is 0 Å². The fourth-order valence-corrected chi connectivity index (χ4v) is 4.62. The third-order valence-corrected chi connectivity index (χ3v) is 6.71. The normalized spacial score (nSPS) is 12.3. The summed E-state index contributed by atoms with van der Waals surface area (Å²) < 4.78 is 34.1. The Morgan fingerprint density at radius 3 is 2.06 bits per heavy atom. The summed E-state index contributed by atoms with van der Waals surface area (Å²) in [6, 6.07) is 20.0. The summed E-state index contributed by atoms with van der Waals surface area (Å²) in [5.41, 5.74) is 2.50. The van der Waals surface area contributed by atoms with Crippen LogP contribution in [-0.2, 0) is 21.2 Å². The topological polar surface area (TPSA) is 92.7 Å². The molecule has 1 atom stereocenters. The SMILES string of the molecule is COc1ccc(C(NS(=O)(=O)c2ccc(Cl)cc2)c2ccc(CCCC(=O)O)cc2)cc1. The number of methoxy groups -OCH3 is 1. The van der Waals surface area contributed by atoms with Crippen molar-refractivity contribution in [3.05, 3.63) is 94.5 Å². The van der Waals surface area contributed by atoms with Crippen molar-refractivity contribution in [2.45, 2.75) is 30.2 Å². The molecule has 3 aromatic carbocycles. The number of carboxylic acid groups (broad SMARTS) is 1. The van der Waals surface area contributed by atoms with Crippen LogP contribution in [-0.4, -0.2) is 26.6 Å². The minimum Gasteiger partial charge on any atom is -0.497 e. The molecule has 0 aliphatic carbocycles. The average Bonchev–Trinajstić information content (AvgIpc) is 2.78. The van der Waals surface area contributed by atoms with E-state index < -0.39 is 22.0 Å². The minimum absolute atomic E-state index is 0.108. The molecule has 0 bridgehead atoms. The third-order valence-electron chi connectivity index (χ3n) is 5.02. The molecule has 0 amide bonds. The maximum Gasteiger partial charge on any atom is 0.303 e. The molecule has 0 aliphatic rings. The Labute approximate surface area is 192 Å². The molecule has 0 radical (unpaired) electrons. The zero-order valence-corrected chi connectivity index (χ0v) is 19.1. The van der Waals surface area contributed by atoms with E-state index in [9.17, 15) is 13.2 Å². The van der Waals surface area contributed by atoms with Crippen LogP contribution in [0.15, 0.2) is 77.7 Å². The van der Waals surface area contributed by atoms with Gasteiger partial charge in [-0.1, -0.05) is 48.0 Å². The van der Waals surface area contributed by atoms with Gasteiger partial charge in [0.05, 0.1) is 18.0 Å². The molecule has 0 spiro atoms. The van der Waals surface area contributed by atoms with Gasteiger partial charge in [-0.15, -0.1) is 0 Å². The number of halogens is 1. The number of aryl methyl sites for hydroxylation is 1. The van der Waals surface area contributed by atoms with Gasteiger partial charge in [0.1, 0.15) is 5.75 Å². The summed E-state index contributed by atoms with van der Waals surface area (Å²) in [5.74, 6) is -0.153. The molecule has 3 rings (SSSR count). The average molecular weight is 474 g/mol. The molecule has 0 aliphatic heterocycles. The Kier molecular flexibility index (Phi) is 7.90. The molecule has 0 fully saturated rings. The number of sulfonamides is 1. The first kappa shape index (κ1) is 23.8. The maximum atomic E-state index is 13.1. The second-order valence-corrected chi connectivity index (χ2v) is 9.42. The van der Waals surface area contributed by atoms with E-state index in [1.165, 1.54) is 24.3 Å². The summed E-state index contributed by atoms with van der Waals surface area (Å²) in [7, 11) is -2.26. The van der Waals surface area contributed by atoms with Crippen LogP contribution in [0, 0.1) is 0 Å². The van der Waals surface area contributed by atoms with Crippen molar-refractivity contribution in [1.29, 1.82) is 0 Å². The summed E-state index contributed by atoms with van der Waals surface area (Å²) >= 11 is 5.90. The van der Waals surface area contributed by atoms with Crippen molar-refractivity contribution < 1.29 is 23.1 Å². The Bertz CT molecular complexity index is 1140. The van der Waals surface area contributed by atoms with E-state index in [0.717, 1.165) is 16.7 Å². The van der Waals surface area contributed by atoms with Crippen LogP contribution in [0.5, 0.6) is 5.75 Å². The molecule has 8 heteroatoms. The van der Waals surface area contributed by atoms with Crippen LogP contribution in [0.4, 0.5) is 0 Å². The quantitative estimate of drug-likeness (QED) is 0.440. The molecule has 3 aromatic rings. The standard InChI is InChI=1S/C24H24ClNO5S/c1-31-21-13-9-19(10-14-21)24(26-32(29,30)22-15-11-20(25)12-16-22)18-7-5-17(6-8-18)3-2-4-23(27)28/h5-16,24,26H,2-4H2,1H3,(H,27,28). The van der Waals surface area contributed by atoms with Crippen molar-refractivity contribution >= 4 is 27.6 Å². The number of hydrogen-bond acceptors (Lipinski definition) is 4. The molecular weight excluding hydrogens is 450 g/mol. The molecule has 2 N–H and O–H groups in total. The summed E-state index contributed by atoms with van der Waals surface area (Å²) in [5, 5.41) is 9.26. The van der Waals surface area contributed by atoms with E-state index in [0.29, 0.717) is 23.6 Å². The molecule has 0 saturated heterocycles. The highest BCUT2D eigenvalue weighted by Gasteiger charge is 2.23. The highest BCUT2D eigenvalue weighted by molar-refractivity contribution is 7.89. The molecule has 0 aromatic heterocycles. The van der Waals surface area contributed by atoms with Crippen molar-refractivity contribution in [2.24, 2.45) is 0 Å². The van der Waals surface area contributed by atoms with Gasteiger partial charge in [0.25, 0.3) is 0 Å². The van der Waals surface area contributed by atoms with E-state index in [1.807, 2.05) is 36.4 Å². The number of rotatable bonds is 10. The van der Waals surface area contributed by atoms with Crippen molar-refractivity contribution in [3.8, 4) is 5.75 Å². The van der Waals surface area contributed by atoms with Crippen molar-refractivity contribution in [1.82, 2.24) is 4.72 Å². The zero-order valence-electron chi connectivity index (χ0n) is 17.5. The largest absolute Gasteiger partial charge is 0.497 e. The lowest BCUT2D eigenvalue weighted by Crippen LogP contribution is -2.29. The van der Waals surface area contributed by atoms with Gasteiger partial charge < -0.3 is 9.84 Å². The van der Waals surface area contributed by atoms with Crippen LogP contribution in [0.3, 0.4) is 0 Å². The van der Waals surface area contributed by atoms with E-state index in [1.54, 1.807) is 19.2 Å². The Balaban J connectivity index is 1.90. The first-order valence-electron chi connectivity index (χ1n) is 10.0. The van der Waals surface area contributed by atoms with Gasteiger partial charge in [0.2, 0.25) is 10.0 Å². The predicted octanol–water partition coefficient (Wildman–Crippen LogP) is 4.82. The Hall–Kier alpha value is -2.87. The van der Waals surface area contributed by atoms with Gasteiger partial charge in [-0.05, 0) is 65.9 Å². The third kappa shape index (κ3) is 6.32. The highest BCUT2D eigenvalue weighted by Crippen LogP contribution is 2.27. The van der Waals surface area contributed by atoms with Crippen LogP contribution >= 0.6 is 11.6 Å². The van der Waals surface area contributed by atoms with E-state index in [2.05, 4.69) is 4.72 Å². The molecule has 0 saturated carbocycles. The molecule has 6 nitrogen and oxygen atoms in total. The molecule has 0 heterocycles. The predicted molar refractivity (Wildman–Crippen MR) is 124 cm³/mol. The number of benzene rings is 3. The van der Waals surface area contributed by atoms with Gasteiger partial charge in [-0.3, -0.25) is 4.79 Å². The lowest BCUT2D eigenvalue weighted by Gasteiger charge is -2.21. The van der Waals surface area contributed by atoms with Crippen LogP contribution in [0.1, 0.15) is 35.6 Å². The maximum absolute atomic E-state index is 13.1. The number of ether oxygens (including phenoxy) is 1. The van der Waals surface area contributed by atoms with Gasteiger partial charge in [-0.2, -0.15) is 4.72 Å². The molecule has 32 heavy (non-hydrogen) atoms. The minimum atomic E-state index is -3.83. The van der Waals surface area contributed by atoms with Gasteiger partial charge in [-0.25, -0.2) is 8.42 Å². The van der Waals surface area contributed by atoms with Crippen LogP contribution in [0.2, 0.25) is 5.02 Å². The highest BCUT2D eigenvalue weighted by atomic mass is 35.5. The zero-order chi connectivity index (χ0) is 23.1. The van der Waals surface area contributed by atoms with E-state index in [4.69, 9.17) is 21.4 Å². The fraction of sp³-hybridized carbons (Fsp3) is 0.208. The summed E-state index contributed by atoms with van der Waals surface area (Å²) in [6.45, 7) is 0. The fourth-order valence-electron chi connectivity index (χ4n) is 3.28.